The van der Waals surface area contributed by atoms with Gasteiger partial charge in [0.2, 0.25) is 5.91 Å². The Balaban J connectivity index is 1.98. The lowest BCUT2D eigenvalue weighted by molar-refractivity contribution is -0.159. The standard InChI is InChI=1S/C27H29Cl2F2N3O4/c1-26(2,3)12-22-27(13-32,16-6-5-15(28)9-19(16)31)11-20(34-22)25(37)38-24(21(35)10-23(33)36)14-4-7-18(30)17(29)8-14/h4-9,20-22,24,34-35H,10-12H2,1-3H3,(H2,33,36). The van der Waals surface area contributed by atoms with E-state index >= 15 is 4.39 Å². The summed E-state index contributed by atoms with van der Waals surface area (Å²) in [5.74, 6) is -3.11. The van der Waals surface area contributed by atoms with Crippen molar-refractivity contribution in [3.63, 3.8) is 0 Å². The third-order valence-corrected chi connectivity index (χ3v) is 7.04. The highest BCUT2D eigenvalue weighted by atomic mass is 35.5. The molecule has 5 atom stereocenters. The summed E-state index contributed by atoms with van der Waals surface area (Å²) in [6.07, 6.45) is -3.24. The number of nitrogens with two attached hydrogens (primary N) is 1. The van der Waals surface area contributed by atoms with Crippen molar-refractivity contribution in [1.82, 2.24) is 5.32 Å². The molecule has 3 rings (SSSR count). The maximum atomic E-state index is 15.1. The Morgan fingerprint density at radius 2 is 1.92 bits per heavy atom. The van der Waals surface area contributed by atoms with Crippen molar-refractivity contribution in [2.45, 2.75) is 69.7 Å². The number of benzene rings is 2. The minimum absolute atomic E-state index is 0.0945. The molecule has 1 heterocycles. The number of hydrogen-bond donors (Lipinski definition) is 3. The number of aliphatic hydroxyl groups excluding tert-OH is 1. The van der Waals surface area contributed by atoms with Crippen molar-refractivity contribution in [3.05, 3.63) is 69.2 Å². The molecular weight excluding hydrogens is 539 g/mol. The maximum absolute atomic E-state index is 15.1. The van der Waals surface area contributed by atoms with Crippen molar-refractivity contribution in [2.75, 3.05) is 0 Å². The second-order valence-corrected chi connectivity index (χ2v) is 11.6. The molecule has 0 spiro atoms. The molecule has 11 heteroatoms. The Hall–Kier alpha value is -2.77. The Bertz CT molecular complexity index is 1260. The van der Waals surface area contributed by atoms with Gasteiger partial charge in [0.25, 0.3) is 0 Å². The number of nitrogens with zero attached hydrogens (tertiary/aromatic N) is 1. The van der Waals surface area contributed by atoms with Gasteiger partial charge in [0.15, 0.2) is 6.10 Å². The number of nitriles is 1. The Morgan fingerprint density at radius 3 is 2.47 bits per heavy atom. The van der Waals surface area contributed by atoms with Gasteiger partial charge in [0.05, 0.1) is 17.5 Å². The first-order valence-corrected chi connectivity index (χ1v) is 12.7. The van der Waals surface area contributed by atoms with Crippen molar-refractivity contribution in [2.24, 2.45) is 11.1 Å². The number of carbonyl (C=O) groups is 2. The zero-order valence-corrected chi connectivity index (χ0v) is 22.6. The van der Waals surface area contributed by atoms with E-state index in [0.29, 0.717) is 6.42 Å². The predicted molar refractivity (Wildman–Crippen MR) is 138 cm³/mol. The molecule has 0 aliphatic carbocycles. The summed E-state index contributed by atoms with van der Waals surface area (Å²) in [5, 5.41) is 24.0. The molecule has 0 saturated carbocycles. The SMILES string of the molecule is CC(C)(C)CC1NC(C(=O)OC(c2ccc(F)c(Cl)c2)C(O)CC(N)=O)CC1(C#N)c1ccc(Cl)cc1F. The molecular formula is C27H29Cl2F2N3O4. The van der Waals surface area contributed by atoms with E-state index in [4.69, 9.17) is 33.7 Å². The first kappa shape index (κ1) is 29.8. The molecule has 1 fully saturated rings. The van der Waals surface area contributed by atoms with E-state index in [-0.39, 0.29) is 33.0 Å². The molecule has 5 unspecified atom stereocenters. The van der Waals surface area contributed by atoms with Crippen LogP contribution < -0.4 is 11.1 Å². The molecule has 0 bridgehead atoms. The summed E-state index contributed by atoms with van der Waals surface area (Å²) in [6, 6.07) is 8.02. The average molecular weight is 568 g/mol. The van der Waals surface area contributed by atoms with Crippen LogP contribution in [0.25, 0.3) is 0 Å². The van der Waals surface area contributed by atoms with Crippen LogP contribution in [0.3, 0.4) is 0 Å². The molecule has 1 aliphatic rings. The lowest BCUT2D eigenvalue weighted by Gasteiger charge is -2.33. The van der Waals surface area contributed by atoms with Crippen LogP contribution in [0.1, 0.15) is 57.3 Å². The molecule has 2 aromatic rings. The van der Waals surface area contributed by atoms with Gasteiger partial charge in [0, 0.05) is 16.6 Å². The van der Waals surface area contributed by atoms with Crippen molar-refractivity contribution < 1.29 is 28.2 Å². The van der Waals surface area contributed by atoms with Crippen LogP contribution in [0.4, 0.5) is 8.78 Å². The zero-order chi connectivity index (χ0) is 28.4. The van der Waals surface area contributed by atoms with Crippen LogP contribution in [0, 0.1) is 28.4 Å². The van der Waals surface area contributed by atoms with E-state index in [1.807, 2.05) is 20.8 Å². The predicted octanol–water partition coefficient (Wildman–Crippen LogP) is 4.72. The second-order valence-electron chi connectivity index (χ2n) is 10.7. The van der Waals surface area contributed by atoms with Crippen molar-refractivity contribution in [1.29, 1.82) is 5.26 Å². The van der Waals surface area contributed by atoms with Crippen LogP contribution >= 0.6 is 23.2 Å². The zero-order valence-electron chi connectivity index (χ0n) is 21.1. The summed E-state index contributed by atoms with van der Waals surface area (Å²) >= 11 is 11.8. The quantitative estimate of drug-likeness (QED) is 0.396. The summed E-state index contributed by atoms with van der Waals surface area (Å²) < 4.78 is 34.5. The summed E-state index contributed by atoms with van der Waals surface area (Å²) in [7, 11) is 0. The van der Waals surface area contributed by atoms with E-state index < -0.39 is 59.6 Å². The molecule has 38 heavy (non-hydrogen) atoms. The van der Waals surface area contributed by atoms with Gasteiger partial charge in [-0.1, -0.05) is 56.1 Å². The lowest BCUT2D eigenvalue weighted by atomic mass is 9.70. The number of ether oxygens (including phenoxy) is 1. The third kappa shape index (κ3) is 6.62. The number of esters is 1. The average Bonchev–Trinajstić information content (AvgIpc) is 3.16. The fraction of sp³-hybridized carbons (Fsp3) is 0.444. The summed E-state index contributed by atoms with van der Waals surface area (Å²) in [4.78, 5) is 24.9. The van der Waals surface area contributed by atoms with E-state index in [1.54, 1.807) is 0 Å². The number of primary amides is 1. The van der Waals surface area contributed by atoms with Gasteiger partial charge in [-0.2, -0.15) is 5.26 Å². The number of halogens is 4. The van der Waals surface area contributed by atoms with Crippen LogP contribution in [-0.4, -0.2) is 35.2 Å². The van der Waals surface area contributed by atoms with E-state index in [9.17, 15) is 24.3 Å². The molecule has 1 saturated heterocycles. The minimum atomic E-state index is -1.56. The normalized spacial score (nSPS) is 22.9. The Labute approximate surface area is 229 Å². The van der Waals surface area contributed by atoms with Gasteiger partial charge < -0.3 is 15.6 Å². The van der Waals surface area contributed by atoms with Gasteiger partial charge >= 0.3 is 5.97 Å². The summed E-state index contributed by atoms with van der Waals surface area (Å²) in [6.45, 7) is 5.86. The number of amides is 1. The molecule has 4 N–H and O–H groups in total. The van der Waals surface area contributed by atoms with Gasteiger partial charge in [-0.15, -0.1) is 0 Å². The molecule has 204 valence electrons. The first-order chi connectivity index (χ1) is 17.7. The fourth-order valence-corrected chi connectivity index (χ4v) is 5.16. The minimum Gasteiger partial charge on any atom is -0.454 e. The fourth-order valence-electron chi connectivity index (χ4n) is 4.82. The van der Waals surface area contributed by atoms with Crippen LogP contribution in [0.15, 0.2) is 36.4 Å². The van der Waals surface area contributed by atoms with Crippen LogP contribution in [-0.2, 0) is 19.7 Å². The third-order valence-electron chi connectivity index (χ3n) is 6.51. The summed E-state index contributed by atoms with van der Waals surface area (Å²) in [5.41, 5.74) is 3.71. The van der Waals surface area contributed by atoms with Gasteiger partial charge in [-0.25, -0.2) is 8.78 Å². The number of carbonyl (C=O) groups excluding carboxylic acids is 2. The van der Waals surface area contributed by atoms with E-state index in [0.717, 1.165) is 12.1 Å². The topological polar surface area (TPSA) is 125 Å². The monoisotopic (exact) mass is 567 g/mol. The first-order valence-electron chi connectivity index (χ1n) is 11.9. The highest BCUT2D eigenvalue weighted by molar-refractivity contribution is 6.31. The smallest absolute Gasteiger partial charge is 0.323 e. The van der Waals surface area contributed by atoms with E-state index in [1.165, 1.54) is 24.3 Å². The molecule has 1 amide bonds. The van der Waals surface area contributed by atoms with Crippen molar-refractivity contribution in [3.8, 4) is 6.07 Å². The number of hydrogen-bond acceptors (Lipinski definition) is 6. The molecule has 1 aliphatic heterocycles. The van der Waals surface area contributed by atoms with Crippen LogP contribution in [0.2, 0.25) is 10.0 Å². The highest BCUT2D eigenvalue weighted by Gasteiger charge is 2.53. The van der Waals surface area contributed by atoms with Gasteiger partial charge in [-0.05, 0) is 48.1 Å². The highest BCUT2D eigenvalue weighted by Crippen LogP contribution is 2.44. The van der Waals surface area contributed by atoms with E-state index in [2.05, 4.69) is 11.4 Å². The number of nitrogens with one attached hydrogen (secondary N) is 1. The van der Waals surface area contributed by atoms with Crippen molar-refractivity contribution >= 4 is 35.1 Å². The molecule has 0 radical (unpaired) electrons. The largest absolute Gasteiger partial charge is 0.454 e. The molecule has 7 nitrogen and oxygen atoms in total. The van der Waals surface area contributed by atoms with Gasteiger partial charge in [0.1, 0.15) is 29.2 Å². The number of rotatable bonds is 8. The Morgan fingerprint density at radius 1 is 1.24 bits per heavy atom. The second kappa shape index (κ2) is 11.5. The maximum Gasteiger partial charge on any atom is 0.323 e. The number of aliphatic hydroxyl groups is 1. The Kier molecular flexibility index (Phi) is 9.04. The van der Waals surface area contributed by atoms with Crippen LogP contribution in [0.5, 0.6) is 0 Å². The lowest BCUT2D eigenvalue weighted by Crippen LogP contribution is -2.44. The molecule has 0 aromatic heterocycles. The van der Waals surface area contributed by atoms with Gasteiger partial charge in [-0.3, -0.25) is 14.9 Å². The molecule has 2 aromatic carbocycles.